The average molecular weight is 304 g/mol. The van der Waals surface area contributed by atoms with Gasteiger partial charge >= 0.3 is 0 Å². The fraction of sp³-hybridized carbons (Fsp3) is 0.0500. The minimum absolute atomic E-state index is 0.713. The van der Waals surface area contributed by atoms with Gasteiger partial charge in [-0.2, -0.15) is 0 Å². The van der Waals surface area contributed by atoms with Crippen molar-refractivity contribution in [3.63, 3.8) is 0 Å². The molecule has 0 amide bonds. The Kier molecular flexibility index (Phi) is 3.09. The van der Waals surface area contributed by atoms with Crippen molar-refractivity contribution in [3.8, 4) is 11.3 Å². The number of benzene rings is 3. The molecule has 0 N–H and O–H groups in total. The first-order chi connectivity index (χ1) is 10.7. The number of aryl methyl sites for hydroxylation is 1. The third kappa shape index (κ3) is 2.15. The summed E-state index contributed by atoms with van der Waals surface area (Å²) in [5.41, 5.74) is 4.30. The summed E-state index contributed by atoms with van der Waals surface area (Å²) in [5.74, 6) is 0. The van der Waals surface area contributed by atoms with E-state index in [1.807, 2.05) is 30.3 Å². The minimum atomic E-state index is 0.713. The van der Waals surface area contributed by atoms with Gasteiger partial charge in [-0.1, -0.05) is 65.7 Å². The topological polar surface area (TPSA) is 12.9 Å². The fourth-order valence-electron chi connectivity index (χ4n) is 2.91. The van der Waals surface area contributed by atoms with Crippen LogP contribution in [0.5, 0.6) is 0 Å². The minimum Gasteiger partial charge on any atom is -0.247 e. The Bertz CT molecular complexity index is 991. The van der Waals surface area contributed by atoms with E-state index in [9.17, 15) is 0 Å². The highest BCUT2D eigenvalue weighted by Crippen LogP contribution is 2.33. The second-order valence-corrected chi connectivity index (χ2v) is 5.97. The molecular weight excluding hydrogens is 290 g/mol. The normalized spacial score (nSPS) is 11.2. The number of hydrogen-bond donors (Lipinski definition) is 0. The van der Waals surface area contributed by atoms with Crippen molar-refractivity contribution in [3.05, 3.63) is 77.3 Å². The Morgan fingerprint density at radius 3 is 2.36 bits per heavy atom. The van der Waals surface area contributed by atoms with Crippen LogP contribution < -0.4 is 0 Å². The van der Waals surface area contributed by atoms with Gasteiger partial charge in [0.2, 0.25) is 0 Å². The third-order valence-electron chi connectivity index (χ3n) is 3.96. The molecule has 2 heteroatoms. The lowest BCUT2D eigenvalue weighted by molar-refractivity contribution is 1.41. The smallest absolute Gasteiger partial charge is 0.0788 e. The highest BCUT2D eigenvalue weighted by molar-refractivity contribution is 6.31. The second-order valence-electron chi connectivity index (χ2n) is 5.54. The van der Waals surface area contributed by atoms with E-state index < -0.39 is 0 Å². The molecule has 3 aromatic carbocycles. The predicted molar refractivity (Wildman–Crippen MR) is 94.4 cm³/mol. The summed E-state index contributed by atoms with van der Waals surface area (Å²) in [6, 6.07) is 22.7. The van der Waals surface area contributed by atoms with E-state index in [2.05, 4.69) is 43.3 Å². The number of pyridine rings is 1. The number of aromatic nitrogens is 1. The molecule has 1 aromatic heterocycles. The van der Waals surface area contributed by atoms with Gasteiger partial charge in [-0.15, -0.1) is 0 Å². The van der Waals surface area contributed by atoms with Crippen LogP contribution in [0.3, 0.4) is 0 Å². The first-order valence-electron chi connectivity index (χ1n) is 7.27. The van der Waals surface area contributed by atoms with E-state index in [0.29, 0.717) is 5.02 Å². The highest BCUT2D eigenvalue weighted by atomic mass is 35.5. The Balaban J connectivity index is 2.19. The van der Waals surface area contributed by atoms with Crippen LogP contribution in [0.1, 0.15) is 5.56 Å². The molecule has 0 saturated carbocycles. The molecular formula is C20H14ClN. The molecule has 0 spiro atoms. The van der Waals surface area contributed by atoms with Gasteiger partial charge in [-0.3, -0.25) is 0 Å². The van der Waals surface area contributed by atoms with E-state index >= 15 is 0 Å². The quantitative estimate of drug-likeness (QED) is 0.392. The molecule has 106 valence electrons. The summed E-state index contributed by atoms with van der Waals surface area (Å²) in [4.78, 5) is 4.89. The third-order valence-corrected chi connectivity index (χ3v) is 4.19. The molecule has 0 bridgehead atoms. The van der Waals surface area contributed by atoms with Crippen molar-refractivity contribution in [2.75, 3.05) is 0 Å². The van der Waals surface area contributed by atoms with E-state index in [1.165, 1.54) is 16.3 Å². The summed E-state index contributed by atoms with van der Waals surface area (Å²) >= 11 is 6.15. The first kappa shape index (κ1) is 13.3. The molecule has 1 heterocycles. The molecule has 0 atom stereocenters. The van der Waals surface area contributed by atoms with Gasteiger partial charge in [0, 0.05) is 21.4 Å². The number of hydrogen-bond acceptors (Lipinski definition) is 1. The Labute approximate surface area is 134 Å². The van der Waals surface area contributed by atoms with E-state index in [4.69, 9.17) is 16.6 Å². The Morgan fingerprint density at radius 1 is 0.773 bits per heavy atom. The summed E-state index contributed by atoms with van der Waals surface area (Å²) < 4.78 is 0. The predicted octanol–water partition coefficient (Wildman–Crippen LogP) is 6.02. The summed E-state index contributed by atoms with van der Waals surface area (Å²) in [6.07, 6.45) is 0. The van der Waals surface area contributed by atoms with Crippen LogP contribution in [-0.4, -0.2) is 4.98 Å². The van der Waals surface area contributed by atoms with Crippen LogP contribution in [0.4, 0.5) is 0 Å². The van der Waals surface area contributed by atoms with Crippen LogP contribution in [-0.2, 0) is 0 Å². The molecule has 0 unspecified atom stereocenters. The maximum Gasteiger partial charge on any atom is 0.0788 e. The Hall–Kier alpha value is -2.38. The summed E-state index contributed by atoms with van der Waals surface area (Å²) in [6.45, 7) is 2.11. The van der Waals surface area contributed by atoms with Crippen molar-refractivity contribution >= 4 is 33.3 Å². The second kappa shape index (κ2) is 5.11. The first-order valence-corrected chi connectivity index (χ1v) is 7.65. The van der Waals surface area contributed by atoms with Crippen molar-refractivity contribution in [1.82, 2.24) is 4.98 Å². The van der Waals surface area contributed by atoms with Crippen molar-refractivity contribution in [2.45, 2.75) is 6.92 Å². The van der Waals surface area contributed by atoms with Crippen molar-refractivity contribution in [1.29, 1.82) is 0 Å². The summed E-state index contributed by atoms with van der Waals surface area (Å²) in [5, 5.41) is 4.25. The van der Waals surface area contributed by atoms with Gasteiger partial charge in [-0.05, 0) is 30.5 Å². The molecule has 0 saturated heterocycles. The number of fused-ring (bicyclic) bond motifs is 3. The lowest BCUT2D eigenvalue weighted by Crippen LogP contribution is -1.90. The van der Waals surface area contributed by atoms with Gasteiger partial charge in [-0.25, -0.2) is 4.98 Å². The zero-order valence-corrected chi connectivity index (χ0v) is 12.9. The molecule has 22 heavy (non-hydrogen) atoms. The monoisotopic (exact) mass is 303 g/mol. The SMILES string of the molecule is Cc1ccc2c(c1)c(-c1ccccc1)nc1cc(Cl)ccc12. The van der Waals surface area contributed by atoms with Crippen LogP contribution >= 0.6 is 11.6 Å². The number of rotatable bonds is 1. The van der Waals surface area contributed by atoms with Crippen LogP contribution in [0.25, 0.3) is 32.9 Å². The standard InChI is InChI=1S/C20H14ClN/c1-13-7-9-16-17-10-8-15(21)12-19(17)22-20(18(16)11-13)14-5-3-2-4-6-14/h2-12H,1H3. The molecule has 0 aliphatic heterocycles. The van der Waals surface area contributed by atoms with Gasteiger partial charge in [0.15, 0.2) is 0 Å². The molecule has 4 aromatic rings. The van der Waals surface area contributed by atoms with Crippen LogP contribution in [0.15, 0.2) is 66.7 Å². The Morgan fingerprint density at radius 2 is 1.55 bits per heavy atom. The molecule has 4 rings (SSSR count). The van der Waals surface area contributed by atoms with Gasteiger partial charge in [0.05, 0.1) is 11.2 Å². The molecule has 0 radical (unpaired) electrons. The van der Waals surface area contributed by atoms with Crippen LogP contribution in [0, 0.1) is 6.92 Å². The van der Waals surface area contributed by atoms with E-state index in [0.717, 1.165) is 22.2 Å². The van der Waals surface area contributed by atoms with Gasteiger partial charge in [0.1, 0.15) is 0 Å². The fourth-order valence-corrected chi connectivity index (χ4v) is 3.08. The lowest BCUT2D eigenvalue weighted by Gasteiger charge is -2.11. The number of nitrogens with zero attached hydrogens (tertiary/aromatic N) is 1. The highest BCUT2D eigenvalue weighted by Gasteiger charge is 2.10. The van der Waals surface area contributed by atoms with Crippen LogP contribution in [0.2, 0.25) is 5.02 Å². The lowest BCUT2D eigenvalue weighted by atomic mass is 9.98. The van der Waals surface area contributed by atoms with Gasteiger partial charge in [0.25, 0.3) is 0 Å². The zero-order valence-electron chi connectivity index (χ0n) is 12.2. The maximum absolute atomic E-state index is 6.15. The van der Waals surface area contributed by atoms with Gasteiger partial charge < -0.3 is 0 Å². The zero-order chi connectivity index (χ0) is 15.1. The van der Waals surface area contributed by atoms with Crippen molar-refractivity contribution < 1.29 is 0 Å². The summed E-state index contributed by atoms with van der Waals surface area (Å²) in [7, 11) is 0. The maximum atomic E-state index is 6.15. The van der Waals surface area contributed by atoms with E-state index in [-0.39, 0.29) is 0 Å². The van der Waals surface area contributed by atoms with E-state index in [1.54, 1.807) is 0 Å². The molecule has 0 fully saturated rings. The molecule has 0 aliphatic carbocycles. The largest absolute Gasteiger partial charge is 0.247 e. The van der Waals surface area contributed by atoms with Crippen molar-refractivity contribution in [2.24, 2.45) is 0 Å². The average Bonchev–Trinajstić information content (AvgIpc) is 2.54. The molecule has 0 aliphatic rings. The number of halogens is 1. The molecule has 1 nitrogen and oxygen atoms in total.